The van der Waals surface area contributed by atoms with E-state index >= 15 is 0 Å². The lowest BCUT2D eigenvalue weighted by molar-refractivity contribution is 0.0255. The molecule has 0 amide bonds. The maximum atomic E-state index is 5.45. The Morgan fingerprint density at radius 1 is 0.512 bits per heavy atom. The van der Waals surface area contributed by atoms with Crippen molar-refractivity contribution in [3.8, 4) is 0 Å². The van der Waals surface area contributed by atoms with Crippen molar-refractivity contribution in [3.63, 3.8) is 0 Å². The van der Waals surface area contributed by atoms with Crippen molar-refractivity contribution >= 4 is 0 Å². The van der Waals surface area contributed by atoms with Crippen molar-refractivity contribution in [2.75, 3.05) is 7.11 Å². The van der Waals surface area contributed by atoms with E-state index in [-0.39, 0.29) is 5.60 Å². The molecule has 0 saturated carbocycles. The quantitative estimate of drug-likeness (QED) is 0.155. The Morgan fingerprint density at radius 2 is 0.884 bits per heavy atom. The smallest absolute Gasteiger partial charge is 0.0657 e. The van der Waals surface area contributed by atoms with E-state index in [0.717, 1.165) is 6.42 Å². The Morgan fingerprint density at radius 3 is 1.28 bits per heavy atom. The van der Waals surface area contributed by atoms with Gasteiger partial charge in [-0.25, -0.2) is 0 Å². The zero-order chi connectivity index (χ0) is 32.7. The zero-order valence-electron chi connectivity index (χ0n) is 29.6. The van der Waals surface area contributed by atoms with E-state index in [0.29, 0.717) is 5.41 Å². The van der Waals surface area contributed by atoms with Crippen LogP contribution in [0.1, 0.15) is 102 Å². The lowest BCUT2D eigenvalue weighted by Gasteiger charge is -2.20. The molecule has 0 aliphatic heterocycles. The standard InChI is InChI=1S/C42H62O/c1-35(23-15-25-37(3)27-17-29-39(5)31-19-33-41(7,8)9)21-13-14-22-36(2)24-16-26-38(4)28-18-30-40(6)32-20-34-42(10,11)43-12/h13-18,20-30,32H,19,31,33-34H2,1-12H3. The second-order valence-corrected chi connectivity index (χ2v) is 13.4. The molecule has 0 bridgehead atoms. The molecule has 0 atom stereocenters. The van der Waals surface area contributed by atoms with Crippen molar-refractivity contribution in [1.82, 2.24) is 0 Å². The van der Waals surface area contributed by atoms with Crippen LogP contribution in [-0.4, -0.2) is 12.7 Å². The predicted octanol–water partition coefficient (Wildman–Crippen LogP) is 13.0. The molecular formula is C42H62O. The average molecular weight is 583 g/mol. The Balaban J connectivity index is 4.74. The lowest BCUT2D eigenvalue weighted by atomic mass is 9.89. The first-order valence-electron chi connectivity index (χ1n) is 15.8. The van der Waals surface area contributed by atoms with Crippen molar-refractivity contribution in [2.24, 2.45) is 5.41 Å². The molecule has 0 spiro atoms. The summed E-state index contributed by atoms with van der Waals surface area (Å²) in [4.78, 5) is 0. The third kappa shape index (κ3) is 26.2. The topological polar surface area (TPSA) is 9.23 Å². The van der Waals surface area contributed by atoms with E-state index in [1.54, 1.807) is 7.11 Å². The highest BCUT2D eigenvalue weighted by molar-refractivity contribution is 5.33. The molecule has 0 saturated heterocycles. The van der Waals surface area contributed by atoms with Gasteiger partial charge in [-0.2, -0.15) is 0 Å². The van der Waals surface area contributed by atoms with E-state index in [1.807, 2.05) is 0 Å². The average Bonchev–Trinajstić information content (AvgIpc) is 2.90. The van der Waals surface area contributed by atoms with E-state index < -0.39 is 0 Å². The van der Waals surface area contributed by atoms with Gasteiger partial charge in [0.25, 0.3) is 0 Å². The fourth-order valence-electron chi connectivity index (χ4n) is 3.70. The summed E-state index contributed by atoms with van der Waals surface area (Å²) in [6.45, 7) is 23.9. The summed E-state index contributed by atoms with van der Waals surface area (Å²) < 4.78 is 5.45. The summed E-state index contributed by atoms with van der Waals surface area (Å²) in [5, 5.41) is 0. The highest BCUT2D eigenvalue weighted by Crippen LogP contribution is 2.23. The van der Waals surface area contributed by atoms with Crippen LogP contribution >= 0.6 is 0 Å². The summed E-state index contributed by atoms with van der Waals surface area (Å²) >= 11 is 0. The second kappa shape index (κ2) is 22.4. The van der Waals surface area contributed by atoms with Gasteiger partial charge in [-0.05, 0) is 86.5 Å². The highest BCUT2D eigenvalue weighted by Gasteiger charge is 2.13. The van der Waals surface area contributed by atoms with Gasteiger partial charge >= 0.3 is 0 Å². The predicted molar refractivity (Wildman–Crippen MR) is 196 cm³/mol. The summed E-state index contributed by atoms with van der Waals surface area (Å²) in [7, 11) is 1.75. The maximum absolute atomic E-state index is 5.45. The third-order valence-electron chi connectivity index (χ3n) is 6.76. The van der Waals surface area contributed by atoms with Gasteiger partial charge in [0.1, 0.15) is 0 Å². The molecule has 0 aromatic heterocycles. The van der Waals surface area contributed by atoms with Gasteiger partial charge in [-0.3, -0.25) is 0 Å². The SMILES string of the molecule is COC(C)(C)CC=CC(C)=CC=CC(C)=CC=CC(C)=CC=CC=C(C)C=CC=C(C)C=CC=C(C)CCCC(C)(C)C. The van der Waals surface area contributed by atoms with Crippen LogP contribution in [0.3, 0.4) is 0 Å². The minimum absolute atomic E-state index is 0.120. The van der Waals surface area contributed by atoms with Gasteiger partial charge in [-0.15, -0.1) is 0 Å². The maximum Gasteiger partial charge on any atom is 0.0657 e. The Labute approximate surface area is 267 Å². The summed E-state index contributed by atoms with van der Waals surface area (Å²) in [5.74, 6) is 0. The molecule has 1 heteroatoms. The van der Waals surface area contributed by atoms with Gasteiger partial charge in [0.05, 0.1) is 5.60 Å². The van der Waals surface area contributed by atoms with E-state index in [1.165, 1.54) is 52.7 Å². The number of allylic oxidation sites excluding steroid dienone is 23. The van der Waals surface area contributed by atoms with Gasteiger partial charge < -0.3 is 4.74 Å². The number of hydrogen-bond donors (Lipinski definition) is 0. The van der Waals surface area contributed by atoms with Crippen molar-refractivity contribution < 1.29 is 4.74 Å². The van der Waals surface area contributed by atoms with Crippen LogP contribution in [0.4, 0.5) is 0 Å². The van der Waals surface area contributed by atoms with Gasteiger partial charge in [0.15, 0.2) is 0 Å². The third-order valence-corrected chi connectivity index (χ3v) is 6.76. The van der Waals surface area contributed by atoms with Crippen molar-refractivity contribution in [1.29, 1.82) is 0 Å². The van der Waals surface area contributed by atoms with Gasteiger partial charge in [0, 0.05) is 7.11 Å². The van der Waals surface area contributed by atoms with Crippen molar-refractivity contribution in [3.05, 3.63) is 143 Å². The van der Waals surface area contributed by atoms with E-state index in [9.17, 15) is 0 Å². The van der Waals surface area contributed by atoms with Crippen LogP contribution in [0.15, 0.2) is 143 Å². The summed E-state index contributed by atoms with van der Waals surface area (Å²) in [5.41, 5.74) is 7.83. The second-order valence-electron chi connectivity index (χ2n) is 13.4. The fraction of sp³-hybridized carbons (Fsp3) is 0.429. The molecule has 43 heavy (non-hydrogen) atoms. The molecule has 0 N–H and O–H groups in total. The van der Waals surface area contributed by atoms with Crippen LogP contribution in [0.25, 0.3) is 0 Å². The lowest BCUT2D eigenvalue weighted by Crippen LogP contribution is -2.20. The molecule has 0 rings (SSSR count). The summed E-state index contributed by atoms with van der Waals surface area (Å²) in [6.07, 6.45) is 43.0. The largest absolute Gasteiger partial charge is 0.378 e. The van der Waals surface area contributed by atoms with Crippen LogP contribution in [0.5, 0.6) is 0 Å². The van der Waals surface area contributed by atoms with E-state index in [4.69, 9.17) is 4.74 Å². The first-order valence-corrected chi connectivity index (χ1v) is 15.8. The molecule has 0 aromatic carbocycles. The Bertz CT molecular complexity index is 1180. The normalized spacial score (nSPS) is 16.2. The van der Waals surface area contributed by atoms with Gasteiger partial charge in [0.2, 0.25) is 0 Å². The Hall–Kier alpha value is -3.16. The molecule has 1 nitrogen and oxygen atoms in total. The van der Waals surface area contributed by atoms with Crippen LogP contribution in [0, 0.1) is 5.41 Å². The first-order chi connectivity index (χ1) is 20.1. The zero-order valence-corrected chi connectivity index (χ0v) is 29.6. The molecule has 0 radical (unpaired) electrons. The molecule has 0 aliphatic carbocycles. The van der Waals surface area contributed by atoms with Crippen molar-refractivity contribution in [2.45, 2.75) is 107 Å². The monoisotopic (exact) mass is 582 g/mol. The molecule has 0 aliphatic rings. The summed E-state index contributed by atoms with van der Waals surface area (Å²) in [6, 6.07) is 0. The minimum Gasteiger partial charge on any atom is -0.378 e. The highest BCUT2D eigenvalue weighted by atomic mass is 16.5. The number of hydrogen-bond acceptors (Lipinski definition) is 1. The molecule has 0 aromatic rings. The molecule has 0 unspecified atom stereocenters. The number of rotatable bonds is 17. The van der Waals surface area contributed by atoms with Crippen LogP contribution in [0.2, 0.25) is 0 Å². The molecule has 0 heterocycles. The number of ether oxygens (including phenoxy) is 1. The number of methoxy groups -OCH3 is 1. The first kappa shape index (κ1) is 39.8. The fourth-order valence-corrected chi connectivity index (χ4v) is 3.70. The minimum atomic E-state index is -0.120. The van der Waals surface area contributed by atoms with E-state index in [2.05, 4.69) is 186 Å². The molecule has 0 fully saturated rings. The Kier molecular flexibility index (Phi) is 20.7. The van der Waals surface area contributed by atoms with Crippen LogP contribution < -0.4 is 0 Å². The molecule has 236 valence electrons. The van der Waals surface area contributed by atoms with Gasteiger partial charge in [-0.1, -0.05) is 164 Å². The van der Waals surface area contributed by atoms with Crippen LogP contribution in [-0.2, 0) is 4.74 Å². The molecular weight excluding hydrogens is 520 g/mol.